The molecule has 0 aliphatic rings. The molecular formula is C18H19Cl3N2O4S. The quantitative estimate of drug-likeness (QED) is 0.588. The third kappa shape index (κ3) is 4.72. The van der Waals surface area contributed by atoms with Gasteiger partial charge in [0.15, 0.2) is 0 Å². The SMILES string of the molecule is CCN(CC)S(=O)(=O)c1cc(C(=O)Nc2cc(Cl)c(Cl)cc2Cl)ccc1OC. The van der Waals surface area contributed by atoms with Crippen LogP contribution < -0.4 is 10.1 Å². The van der Waals surface area contributed by atoms with Crippen LogP contribution in [-0.2, 0) is 10.0 Å². The molecule has 0 radical (unpaired) electrons. The lowest BCUT2D eigenvalue weighted by Crippen LogP contribution is -2.31. The van der Waals surface area contributed by atoms with Crippen molar-refractivity contribution in [2.45, 2.75) is 18.7 Å². The van der Waals surface area contributed by atoms with E-state index in [0.717, 1.165) is 0 Å². The van der Waals surface area contributed by atoms with Gasteiger partial charge >= 0.3 is 0 Å². The van der Waals surface area contributed by atoms with E-state index in [-0.39, 0.29) is 50.1 Å². The van der Waals surface area contributed by atoms with Crippen molar-refractivity contribution >= 4 is 56.4 Å². The maximum absolute atomic E-state index is 12.9. The number of anilines is 1. The molecule has 0 aliphatic carbocycles. The summed E-state index contributed by atoms with van der Waals surface area (Å²) in [6.07, 6.45) is 0. The van der Waals surface area contributed by atoms with E-state index in [4.69, 9.17) is 39.5 Å². The summed E-state index contributed by atoms with van der Waals surface area (Å²) in [6.45, 7) is 4.04. The van der Waals surface area contributed by atoms with Gasteiger partial charge in [0.25, 0.3) is 5.91 Å². The molecule has 2 aromatic rings. The average Bonchev–Trinajstić information content (AvgIpc) is 2.66. The third-order valence-corrected chi connectivity index (χ3v) is 7.11. The number of nitrogens with zero attached hydrogens (tertiary/aromatic N) is 1. The Kier molecular flexibility index (Phi) is 7.59. The van der Waals surface area contributed by atoms with Crippen molar-refractivity contribution in [1.29, 1.82) is 0 Å². The van der Waals surface area contributed by atoms with E-state index in [0.29, 0.717) is 0 Å². The van der Waals surface area contributed by atoms with Gasteiger partial charge in [0.1, 0.15) is 10.6 Å². The second kappa shape index (κ2) is 9.33. The molecular weight excluding hydrogens is 447 g/mol. The molecule has 10 heteroatoms. The molecule has 0 saturated carbocycles. The Hall–Kier alpha value is -1.51. The summed E-state index contributed by atoms with van der Waals surface area (Å²) < 4.78 is 32.3. The lowest BCUT2D eigenvalue weighted by atomic mass is 10.2. The second-order valence-electron chi connectivity index (χ2n) is 5.66. The van der Waals surface area contributed by atoms with Crippen molar-refractivity contribution in [3.63, 3.8) is 0 Å². The predicted molar refractivity (Wildman–Crippen MR) is 113 cm³/mol. The van der Waals surface area contributed by atoms with Crippen molar-refractivity contribution in [3.05, 3.63) is 51.0 Å². The van der Waals surface area contributed by atoms with Gasteiger partial charge in [-0.25, -0.2) is 8.42 Å². The molecule has 28 heavy (non-hydrogen) atoms. The second-order valence-corrected chi connectivity index (χ2v) is 8.78. The molecule has 0 aromatic heterocycles. The Morgan fingerprint density at radius 1 is 1.04 bits per heavy atom. The van der Waals surface area contributed by atoms with Crippen molar-refractivity contribution in [2.24, 2.45) is 0 Å². The molecule has 6 nitrogen and oxygen atoms in total. The van der Waals surface area contributed by atoms with Gasteiger partial charge in [-0.05, 0) is 30.3 Å². The number of sulfonamides is 1. The molecule has 152 valence electrons. The molecule has 0 atom stereocenters. The highest BCUT2D eigenvalue weighted by Gasteiger charge is 2.27. The van der Waals surface area contributed by atoms with Gasteiger partial charge in [-0.2, -0.15) is 4.31 Å². The highest BCUT2D eigenvalue weighted by atomic mass is 35.5. The maximum atomic E-state index is 12.9. The molecule has 0 spiro atoms. The van der Waals surface area contributed by atoms with E-state index in [1.165, 1.54) is 41.7 Å². The summed E-state index contributed by atoms with van der Waals surface area (Å²) in [6, 6.07) is 6.99. The minimum atomic E-state index is -3.83. The zero-order valence-corrected chi connectivity index (χ0v) is 18.5. The minimum absolute atomic E-state index is 0.0911. The number of hydrogen-bond donors (Lipinski definition) is 1. The summed E-state index contributed by atoms with van der Waals surface area (Å²) in [5.74, 6) is -0.407. The molecule has 0 aliphatic heterocycles. The minimum Gasteiger partial charge on any atom is -0.495 e. The lowest BCUT2D eigenvalue weighted by molar-refractivity contribution is 0.102. The molecule has 0 unspecified atom stereocenters. The topological polar surface area (TPSA) is 75.7 Å². The van der Waals surface area contributed by atoms with Gasteiger partial charge in [0.2, 0.25) is 10.0 Å². The molecule has 1 N–H and O–H groups in total. The van der Waals surface area contributed by atoms with Crippen molar-refractivity contribution in [3.8, 4) is 5.75 Å². The molecule has 0 heterocycles. The Bertz CT molecular complexity index is 993. The van der Waals surface area contributed by atoms with Crippen LogP contribution >= 0.6 is 34.8 Å². The fraction of sp³-hybridized carbons (Fsp3) is 0.278. The van der Waals surface area contributed by atoms with Crippen molar-refractivity contribution in [2.75, 3.05) is 25.5 Å². The van der Waals surface area contributed by atoms with Crippen LogP contribution in [0.4, 0.5) is 5.69 Å². The van der Waals surface area contributed by atoms with Gasteiger partial charge in [0.05, 0.1) is 27.9 Å². The van der Waals surface area contributed by atoms with Gasteiger partial charge < -0.3 is 10.1 Å². The first-order valence-electron chi connectivity index (χ1n) is 8.29. The number of ether oxygens (including phenoxy) is 1. The van der Waals surface area contributed by atoms with E-state index in [1.807, 2.05) is 0 Å². The third-order valence-electron chi connectivity index (χ3n) is 4.01. The van der Waals surface area contributed by atoms with Crippen LogP contribution in [0.15, 0.2) is 35.2 Å². The smallest absolute Gasteiger partial charge is 0.255 e. The van der Waals surface area contributed by atoms with E-state index >= 15 is 0 Å². The molecule has 0 saturated heterocycles. The number of amides is 1. The normalized spacial score (nSPS) is 11.5. The summed E-state index contributed by atoms with van der Waals surface area (Å²) in [4.78, 5) is 12.6. The number of rotatable bonds is 7. The van der Waals surface area contributed by atoms with Crippen LogP contribution in [0.5, 0.6) is 5.75 Å². The monoisotopic (exact) mass is 464 g/mol. The number of hydrogen-bond acceptors (Lipinski definition) is 4. The fourth-order valence-electron chi connectivity index (χ4n) is 2.53. The van der Waals surface area contributed by atoms with Gasteiger partial charge in [-0.3, -0.25) is 4.79 Å². The van der Waals surface area contributed by atoms with Crippen LogP contribution in [0.1, 0.15) is 24.2 Å². The summed E-state index contributed by atoms with van der Waals surface area (Å²) in [5, 5.41) is 3.28. The van der Waals surface area contributed by atoms with Crippen LogP contribution in [0.2, 0.25) is 15.1 Å². The number of methoxy groups -OCH3 is 1. The first kappa shape index (κ1) is 22.8. The van der Waals surface area contributed by atoms with Crippen LogP contribution in [0.3, 0.4) is 0 Å². The molecule has 0 bridgehead atoms. The Morgan fingerprint density at radius 2 is 1.64 bits per heavy atom. The van der Waals surface area contributed by atoms with Crippen molar-refractivity contribution in [1.82, 2.24) is 4.31 Å². The summed E-state index contributed by atoms with van der Waals surface area (Å²) >= 11 is 17.9. The van der Waals surface area contributed by atoms with Crippen molar-refractivity contribution < 1.29 is 17.9 Å². The highest BCUT2D eigenvalue weighted by Crippen LogP contribution is 2.33. The van der Waals surface area contributed by atoms with E-state index in [2.05, 4.69) is 5.32 Å². The number of nitrogens with one attached hydrogen (secondary N) is 1. The fourth-order valence-corrected chi connectivity index (χ4v) is 4.77. The number of benzene rings is 2. The summed E-state index contributed by atoms with van der Waals surface area (Å²) in [7, 11) is -2.46. The molecule has 0 fully saturated rings. The summed E-state index contributed by atoms with van der Waals surface area (Å²) in [5.41, 5.74) is 0.374. The van der Waals surface area contributed by atoms with Crippen LogP contribution in [0, 0.1) is 0 Å². The number of halogens is 3. The first-order valence-corrected chi connectivity index (χ1v) is 10.9. The molecule has 2 aromatic carbocycles. The van der Waals surface area contributed by atoms with E-state index < -0.39 is 15.9 Å². The van der Waals surface area contributed by atoms with Crippen LogP contribution in [0.25, 0.3) is 0 Å². The Labute approximate surface area is 179 Å². The maximum Gasteiger partial charge on any atom is 0.255 e. The predicted octanol–water partition coefficient (Wildman–Crippen LogP) is 4.94. The Morgan fingerprint density at radius 3 is 2.21 bits per heavy atom. The molecule has 2 rings (SSSR count). The largest absolute Gasteiger partial charge is 0.495 e. The lowest BCUT2D eigenvalue weighted by Gasteiger charge is -2.20. The standard InChI is InChI=1S/C18H19Cl3N2O4S/c1-4-23(5-2)28(25,26)17-8-11(6-7-16(17)27-3)18(24)22-15-10-13(20)12(19)9-14(15)21/h6-10H,4-5H2,1-3H3,(H,22,24). The van der Waals surface area contributed by atoms with Crippen LogP contribution in [-0.4, -0.2) is 38.8 Å². The number of carbonyl (C=O) groups is 1. The first-order chi connectivity index (χ1) is 13.1. The zero-order valence-electron chi connectivity index (χ0n) is 15.4. The number of carbonyl (C=O) groups excluding carboxylic acids is 1. The van der Waals surface area contributed by atoms with Gasteiger partial charge in [0, 0.05) is 18.7 Å². The highest BCUT2D eigenvalue weighted by molar-refractivity contribution is 7.89. The van der Waals surface area contributed by atoms with Gasteiger partial charge in [-0.15, -0.1) is 0 Å². The Balaban J connectivity index is 2.45. The van der Waals surface area contributed by atoms with E-state index in [1.54, 1.807) is 13.8 Å². The van der Waals surface area contributed by atoms with Gasteiger partial charge in [-0.1, -0.05) is 48.7 Å². The molecule has 1 amide bonds. The van der Waals surface area contributed by atoms with E-state index in [9.17, 15) is 13.2 Å². The average molecular weight is 466 g/mol. The zero-order chi connectivity index (χ0) is 21.1.